The SMILES string of the molecule is COc1cc(-n2ccc3c(C(C)c4ccc(F)cc4)cccc32)ccc1-n1cnc(C)c1. The fourth-order valence-corrected chi connectivity index (χ4v) is 4.31. The molecular weight excluding hydrogens is 401 g/mol. The van der Waals surface area contributed by atoms with Gasteiger partial charge in [-0.3, -0.25) is 0 Å². The predicted octanol–water partition coefficient (Wildman–Crippen LogP) is 6.42. The van der Waals surface area contributed by atoms with Crippen LogP contribution in [0.4, 0.5) is 4.39 Å². The molecule has 1 atom stereocenters. The number of imidazole rings is 1. The summed E-state index contributed by atoms with van der Waals surface area (Å²) in [5, 5.41) is 1.18. The van der Waals surface area contributed by atoms with Crippen molar-refractivity contribution in [3.05, 3.63) is 108 Å². The molecule has 5 heteroatoms. The van der Waals surface area contributed by atoms with Gasteiger partial charge in [-0.15, -0.1) is 0 Å². The molecule has 0 amide bonds. The van der Waals surface area contributed by atoms with E-state index in [0.29, 0.717) is 0 Å². The van der Waals surface area contributed by atoms with E-state index in [1.54, 1.807) is 13.4 Å². The third-order valence-corrected chi connectivity index (χ3v) is 6.03. The van der Waals surface area contributed by atoms with Gasteiger partial charge in [-0.25, -0.2) is 9.37 Å². The van der Waals surface area contributed by atoms with Crippen molar-refractivity contribution in [2.75, 3.05) is 7.11 Å². The number of hydrogen-bond donors (Lipinski definition) is 0. The van der Waals surface area contributed by atoms with Crippen molar-refractivity contribution in [2.45, 2.75) is 19.8 Å². The minimum absolute atomic E-state index is 0.150. The summed E-state index contributed by atoms with van der Waals surface area (Å²) in [6, 6.07) is 21.4. The largest absolute Gasteiger partial charge is 0.494 e. The number of hydrogen-bond acceptors (Lipinski definition) is 2. The van der Waals surface area contributed by atoms with E-state index in [-0.39, 0.29) is 11.7 Å². The summed E-state index contributed by atoms with van der Waals surface area (Å²) in [5.74, 6) is 0.711. The number of fused-ring (bicyclic) bond motifs is 1. The number of ether oxygens (including phenoxy) is 1. The van der Waals surface area contributed by atoms with E-state index in [1.807, 2.05) is 42.0 Å². The Hall–Kier alpha value is -3.86. The van der Waals surface area contributed by atoms with Crippen LogP contribution in [0.15, 0.2) is 85.5 Å². The lowest BCUT2D eigenvalue weighted by atomic mass is 9.91. The van der Waals surface area contributed by atoms with Gasteiger partial charge >= 0.3 is 0 Å². The Morgan fingerprint density at radius 1 is 1.00 bits per heavy atom. The zero-order chi connectivity index (χ0) is 22.2. The number of benzene rings is 3. The van der Waals surface area contributed by atoms with Crippen LogP contribution >= 0.6 is 0 Å². The molecule has 0 bridgehead atoms. The van der Waals surface area contributed by atoms with Gasteiger partial charge in [-0.1, -0.05) is 31.2 Å². The average molecular weight is 426 g/mol. The molecule has 0 aliphatic rings. The predicted molar refractivity (Wildman–Crippen MR) is 126 cm³/mol. The standard InChI is InChI=1S/C27H24FN3O/c1-18-16-30(17-29-18)26-12-11-22(15-27(26)32-3)31-14-13-24-23(5-4-6-25(24)31)19(2)20-7-9-21(28)10-8-20/h4-17,19H,1-3H3. The summed E-state index contributed by atoms with van der Waals surface area (Å²) >= 11 is 0. The van der Waals surface area contributed by atoms with Gasteiger partial charge < -0.3 is 13.9 Å². The third-order valence-electron chi connectivity index (χ3n) is 6.03. The first-order chi connectivity index (χ1) is 15.5. The highest BCUT2D eigenvalue weighted by Crippen LogP contribution is 2.33. The molecule has 2 aromatic heterocycles. The lowest BCUT2D eigenvalue weighted by Gasteiger charge is -2.15. The Morgan fingerprint density at radius 3 is 2.53 bits per heavy atom. The zero-order valence-corrected chi connectivity index (χ0v) is 18.3. The van der Waals surface area contributed by atoms with E-state index < -0.39 is 0 Å². The van der Waals surface area contributed by atoms with Gasteiger partial charge in [-0.05, 0) is 54.4 Å². The maximum Gasteiger partial charge on any atom is 0.144 e. The first-order valence-electron chi connectivity index (χ1n) is 10.6. The number of nitrogens with zero attached hydrogens (tertiary/aromatic N) is 3. The number of halogens is 1. The van der Waals surface area contributed by atoms with Crippen LogP contribution in [-0.2, 0) is 0 Å². The highest BCUT2D eigenvalue weighted by Gasteiger charge is 2.15. The van der Waals surface area contributed by atoms with Crippen molar-refractivity contribution in [3.63, 3.8) is 0 Å². The fraction of sp³-hybridized carbons (Fsp3) is 0.148. The summed E-state index contributed by atoms with van der Waals surface area (Å²) in [7, 11) is 1.68. The van der Waals surface area contributed by atoms with Crippen LogP contribution < -0.4 is 4.74 Å². The molecule has 0 spiro atoms. The molecule has 1 unspecified atom stereocenters. The highest BCUT2D eigenvalue weighted by atomic mass is 19.1. The van der Waals surface area contributed by atoms with Crippen molar-refractivity contribution >= 4 is 10.9 Å². The molecule has 0 aliphatic carbocycles. The molecule has 3 aromatic carbocycles. The van der Waals surface area contributed by atoms with Gasteiger partial charge in [0.25, 0.3) is 0 Å². The smallest absolute Gasteiger partial charge is 0.144 e. The summed E-state index contributed by atoms with van der Waals surface area (Å²) in [5.41, 5.74) is 6.33. The van der Waals surface area contributed by atoms with E-state index in [9.17, 15) is 4.39 Å². The van der Waals surface area contributed by atoms with Crippen molar-refractivity contribution in [1.82, 2.24) is 14.1 Å². The van der Waals surface area contributed by atoms with E-state index in [2.05, 4.69) is 53.0 Å². The average Bonchev–Trinajstić information content (AvgIpc) is 3.45. The molecule has 5 aromatic rings. The molecular formula is C27H24FN3O. The number of aromatic nitrogens is 3. The summed E-state index contributed by atoms with van der Waals surface area (Å²) in [6.07, 6.45) is 5.86. The monoisotopic (exact) mass is 425 g/mol. The second kappa shape index (κ2) is 8.00. The van der Waals surface area contributed by atoms with Gasteiger partial charge in [-0.2, -0.15) is 0 Å². The molecule has 0 saturated carbocycles. The zero-order valence-electron chi connectivity index (χ0n) is 18.3. The lowest BCUT2D eigenvalue weighted by Crippen LogP contribution is -2.00. The van der Waals surface area contributed by atoms with Crippen LogP contribution in [0.3, 0.4) is 0 Å². The minimum Gasteiger partial charge on any atom is -0.494 e. The maximum absolute atomic E-state index is 13.4. The topological polar surface area (TPSA) is 32.0 Å². The number of aryl methyl sites for hydroxylation is 1. The molecule has 5 rings (SSSR count). The molecule has 0 saturated heterocycles. The second-order valence-electron chi connectivity index (χ2n) is 8.02. The van der Waals surface area contributed by atoms with Crippen molar-refractivity contribution < 1.29 is 9.13 Å². The second-order valence-corrected chi connectivity index (χ2v) is 8.02. The first kappa shape index (κ1) is 20.1. The van der Waals surface area contributed by atoms with Gasteiger partial charge in [0, 0.05) is 35.5 Å². The Bertz CT molecular complexity index is 1400. The quantitative estimate of drug-likeness (QED) is 0.325. The lowest BCUT2D eigenvalue weighted by molar-refractivity contribution is 0.412. The molecule has 32 heavy (non-hydrogen) atoms. The van der Waals surface area contributed by atoms with Gasteiger partial charge in [0.2, 0.25) is 0 Å². The molecule has 2 heterocycles. The van der Waals surface area contributed by atoms with Crippen molar-refractivity contribution in [2.24, 2.45) is 0 Å². The van der Waals surface area contributed by atoms with Gasteiger partial charge in [0.15, 0.2) is 0 Å². The number of methoxy groups -OCH3 is 1. The Kier molecular flexibility index (Phi) is 5.02. The molecule has 0 N–H and O–H groups in total. The Morgan fingerprint density at radius 2 is 1.81 bits per heavy atom. The maximum atomic E-state index is 13.4. The summed E-state index contributed by atoms with van der Waals surface area (Å²) in [6.45, 7) is 4.12. The van der Waals surface area contributed by atoms with Crippen molar-refractivity contribution in [3.8, 4) is 17.1 Å². The minimum atomic E-state index is -0.214. The van der Waals surface area contributed by atoms with Crippen LogP contribution in [-0.4, -0.2) is 21.2 Å². The molecule has 4 nitrogen and oxygen atoms in total. The summed E-state index contributed by atoms with van der Waals surface area (Å²) < 4.78 is 23.2. The van der Waals surface area contributed by atoms with Crippen LogP contribution in [0.5, 0.6) is 5.75 Å². The normalized spacial score (nSPS) is 12.2. The highest BCUT2D eigenvalue weighted by molar-refractivity contribution is 5.86. The summed E-state index contributed by atoms with van der Waals surface area (Å²) in [4.78, 5) is 4.32. The van der Waals surface area contributed by atoms with E-state index in [4.69, 9.17) is 4.74 Å². The van der Waals surface area contributed by atoms with Gasteiger partial charge in [0.1, 0.15) is 11.6 Å². The molecule has 0 aliphatic heterocycles. The Balaban J connectivity index is 1.57. The van der Waals surface area contributed by atoms with E-state index >= 15 is 0 Å². The number of rotatable bonds is 5. The van der Waals surface area contributed by atoms with Crippen LogP contribution in [0, 0.1) is 12.7 Å². The molecule has 160 valence electrons. The third kappa shape index (κ3) is 3.46. The first-order valence-corrected chi connectivity index (χ1v) is 10.6. The van der Waals surface area contributed by atoms with E-state index in [0.717, 1.165) is 33.9 Å². The fourth-order valence-electron chi connectivity index (χ4n) is 4.31. The van der Waals surface area contributed by atoms with Crippen molar-refractivity contribution in [1.29, 1.82) is 0 Å². The Labute approximate surface area is 186 Å². The molecule has 0 fully saturated rings. The molecule has 0 radical (unpaired) electrons. The van der Waals surface area contributed by atoms with Crippen LogP contribution in [0.25, 0.3) is 22.3 Å². The van der Waals surface area contributed by atoms with Crippen LogP contribution in [0.1, 0.15) is 29.7 Å². The van der Waals surface area contributed by atoms with Crippen LogP contribution in [0.2, 0.25) is 0 Å². The van der Waals surface area contributed by atoms with Gasteiger partial charge in [0.05, 0.1) is 30.3 Å². The van der Waals surface area contributed by atoms with E-state index in [1.165, 1.54) is 23.1 Å².